The summed E-state index contributed by atoms with van der Waals surface area (Å²) in [7, 11) is 4.55. The molecule has 8 aliphatic carbocycles. The van der Waals surface area contributed by atoms with E-state index in [0.29, 0.717) is 21.9 Å². The highest BCUT2D eigenvalue weighted by atomic mass is 35.5. The average Bonchev–Trinajstić information content (AvgIpc) is 2.52. The molecule has 8 saturated carbocycles. The van der Waals surface area contributed by atoms with E-state index < -0.39 is 0 Å². The number of hydrogen-bond acceptors (Lipinski definition) is 2. The van der Waals surface area contributed by atoms with Gasteiger partial charge in [-0.1, -0.05) is 0 Å². The van der Waals surface area contributed by atoms with Gasteiger partial charge in [0, 0.05) is 11.1 Å². The molecule has 4 atom stereocenters. The van der Waals surface area contributed by atoms with Crippen molar-refractivity contribution in [2.45, 2.75) is 88.1 Å². The zero-order valence-electron chi connectivity index (χ0n) is 16.6. The van der Waals surface area contributed by atoms with Crippen LogP contribution in [0.15, 0.2) is 0 Å². The maximum absolute atomic E-state index is 3.87. The van der Waals surface area contributed by atoms with Crippen molar-refractivity contribution in [3.63, 3.8) is 0 Å². The zero-order valence-corrected chi connectivity index (χ0v) is 18.2. The SMILES string of the molecule is CNC12CC3CC(C1)CC(C14CC5CC(CC(NC)(C5)C1)C4)(C3)C2.Cl.Cl. The summed E-state index contributed by atoms with van der Waals surface area (Å²) in [6, 6.07) is 0. The molecule has 0 aromatic heterocycles. The van der Waals surface area contributed by atoms with Crippen LogP contribution in [0.2, 0.25) is 0 Å². The second kappa shape index (κ2) is 6.00. The molecule has 4 heteroatoms. The van der Waals surface area contributed by atoms with Crippen LogP contribution < -0.4 is 10.6 Å². The topological polar surface area (TPSA) is 24.1 Å². The summed E-state index contributed by atoms with van der Waals surface area (Å²) >= 11 is 0. The highest BCUT2D eigenvalue weighted by Gasteiger charge is 2.69. The number of nitrogens with one attached hydrogen (secondary N) is 2. The van der Waals surface area contributed by atoms with E-state index in [0.717, 1.165) is 23.7 Å². The molecule has 8 aliphatic rings. The van der Waals surface area contributed by atoms with E-state index in [-0.39, 0.29) is 24.8 Å². The Bertz CT molecular complexity index is 498. The van der Waals surface area contributed by atoms with Gasteiger partial charge >= 0.3 is 0 Å². The van der Waals surface area contributed by atoms with Gasteiger partial charge in [-0.25, -0.2) is 0 Å². The first-order valence-corrected chi connectivity index (χ1v) is 10.9. The normalized spacial score (nSPS) is 58.4. The molecule has 26 heavy (non-hydrogen) atoms. The summed E-state index contributed by atoms with van der Waals surface area (Å²) in [5, 5.41) is 7.75. The third-order valence-corrected chi connectivity index (χ3v) is 10.3. The summed E-state index contributed by atoms with van der Waals surface area (Å²) < 4.78 is 0. The zero-order chi connectivity index (χ0) is 16.2. The van der Waals surface area contributed by atoms with Crippen LogP contribution in [0.25, 0.3) is 0 Å². The lowest BCUT2D eigenvalue weighted by atomic mass is 9.33. The van der Waals surface area contributed by atoms with E-state index in [1.807, 2.05) is 0 Å². The molecule has 2 N–H and O–H groups in total. The Balaban J connectivity index is 0.000000841. The third-order valence-electron chi connectivity index (χ3n) is 10.3. The van der Waals surface area contributed by atoms with E-state index in [1.165, 1.54) is 38.5 Å². The number of halogens is 2. The second-order valence-corrected chi connectivity index (χ2v) is 11.5. The van der Waals surface area contributed by atoms with Crippen LogP contribution >= 0.6 is 24.8 Å². The van der Waals surface area contributed by atoms with Crippen LogP contribution in [0, 0.1) is 34.5 Å². The standard InChI is InChI=1S/C22H36N2.2ClH/c1-23-21-9-15-3-16(10-21)6-19(5-15,13-21)20-7-17-4-18(8-20)12-22(11-17,14-20)24-2;;/h15-18,23-24H,3-14H2,1-2H3;2*1H. The second-order valence-electron chi connectivity index (χ2n) is 11.5. The van der Waals surface area contributed by atoms with E-state index in [9.17, 15) is 0 Å². The quantitative estimate of drug-likeness (QED) is 0.700. The molecule has 0 aromatic rings. The Kier molecular flexibility index (Phi) is 4.57. The lowest BCUT2D eigenvalue weighted by Crippen LogP contribution is -2.70. The third kappa shape index (κ3) is 2.37. The fraction of sp³-hybridized carbons (Fsp3) is 1.00. The Labute approximate surface area is 172 Å². The molecule has 0 amide bonds. The fourth-order valence-electron chi connectivity index (χ4n) is 10.4. The molecule has 8 bridgehead atoms. The molecule has 2 nitrogen and oxygen atoms in total. The van der Waals surface area contributed by atoms with Crippen LogP contribution in [0.5, 0.6) is 0 Å². The van der Waals surface area contributed by atoms with Gasteiger partial charge in [0.05, 0.1) is 0 Å². The van der Waals surface area contributed by atoms with Crippen LogP contribution in [-0.4, -0.2) is 25.2 Å². The smallest absolute Gasteiger partial charge is 0.0189 e. The van der Waals surface area contributed by atoms with Gasteiger partial charge in [0.15, 0.2) is 0 Å². The molecule has 0 saturated heterocycles. The van der Waals surface area contributed by atoms with Gasteiger partial charge in [-0.3, -0.25) is 0 Å². The van der Waals surface area contributed by atoms with Crippen molar-refractivity contribution in [1.29, 1.82) is 0 Å². The predicted octanol–water partition coefficient (Wildman–Crippen LogP) is 4.95. The first-order chi connectivity index (χ1) is 11.5. The Morgan fingerprint density at radius 2 is 0.846 bits per heavy atom. The van der Waals surface area contributed by atoms with Crippen molar-refractivity contribution in [2.24, 2.45) is 34.5 Å². The molecule has 4 unspecified atom stereocenters. The van der Waals surface area contributed by atoms with E-state index in [4.69, 9.17) is 0 Å². The summed E-state index contributed by atoms with van der Waals surface area (Å²) in [5.41, 5.74) is 2.42. The van der Waals surface area contributed by atoms with Crippen LogP contribution in [0.1, 0.15) is 77.0 Å². The van der Waals surface area contributed by atoms with E-state index >= 15 is 0 Å². The van der Waals surface area contributed by atoms with Crippen molar-refractivity contribution >= 4 is 24.8 Å². The molecule has 0 spiro atoms. The lowest BCUT2D eigenvalue weighted by Gasteiger charge is -2.74. The summed E-state index contributed by atoms with van der Waals surface area (Å²) in [4.78, 5) is 0. The maximum Gasteiger partial charge on any atom is 0.0189 e. The van der Waals surface area contributed by atoms with Gasteiger partial charge in [-0.05, 0) is 126 Å². The first kappa shape index (κ1) is 19.8. The van der Waals surface area contributed by atoms with Gasteiger partial charge in [0.25, 0.3) is 0 Å². The van der Waals surface area contributed by atoms with Gasteiger partial charge < -0.3 is 10.6 Å². The van der Waals surface area contributed by atoms with Gasteiger partial charge in [0.1, 0.15) is 0 Å². The van der Waals surface area contributed by atoms with Crippen molar-refractivity contribution in [2.75, 3.05) is 14.1 Å². The highest BCUT2D eigenvalue weighted by molar-refractivity contribution is 5.85. The molecule has 0 aliphatic heterocycles. The summed E-state index contributed by atoms with van der Waals surface area (Å²) in [5.74, 6) is 4.16. The van der Waals surface area contributed by atoms with Crippen molar-refractivity contribution in [3.05, 3.63) is 0 Å². The monoisotopic (exact) mass is 400 g/mol. The molecule has 0 heterocycles. The predicted molar refractivity (Wildman–Crippen MR) is 112 cm³/mol. The number of rotatable bonds is 3. The van der Waals surface area contributed by atoms with Gasteiger partial charge in [-0.15, -0.1) is 24.8 Å². The Hall–Kier alpha value is 0.500. The van der Waals surface area contributed by atoms with E-state index in [1.54, 1.807) is 38.5 Å². The minimum absolute atomic E-state index is 0. The minimum atomic E-state index is 0. The molecule has 8 rings (SSSR count). The van der Waals surface area contributed by atoms with Crippen LogP contribution in [-0.2, 0) is 0 Å². The molecule has 8 fully saturated rings. The molecular weight excluding hydrogens is 363 g/mol. The molecule has 0 aromatic carbocycles. The Morgan fingerprint density at radius 1 is 0.538 bits per heavy atom. The summed E-state index contributed by atoms with van der Waals surface area (Å²) in [6.45, 7) is 0. The minimum Gasteiger partial charge on any atom is -0.314 e. The van der Waals surface area contributed by atoms with Crippen molar-refractivity contribution < 1.29 is 0 Å². The Morgan fingerprint density at radius 3 is 1.12 bits per heavy atom. The average molecular weight is 401 g/mol. The maximum atomic E-state index is 3.87. The van der Waals surface area contributed by atoms with Crippen LogP contribution in [0.3, 0.4) is 0 Å². The molecule has 0 radical (unpaired) electrons. The first-order valence-electron chi connectivity index (χ1n) is 10.9. The summed E-state index contributed by atoms with van der Waals surface area (Å²) in [6.07, 6.45) is 18.5. The van der Waals surface area contributed by atoms with Crippen molar-refractivity contribution in [3.8, 4) is 0 Å². The fourth-order valence-corrected chi connectivity index (χ4v) is 10.4. The highest BCUT2D eigenvalue weighted by Crippen LogP contribution is 2.75. The van der Waals surface area contributed by atoms with Gasteiger partial charge in [0.2, 0.25) is 0 Å². The lowest BCUT2D eigenvalue weighted by molar-refractivity contribution is -0.215. The van der Waals surface area contributed by atoms with Crippen LogP contribution in [0.4, 0.5) is 0 Å². The van der Waals surface area contributed by atoms with Gasteiger partial charge in [-0.2, -0.15) is 0 Å². The molecular formula is C22H38Cl2N2. The molecule has 150 valence electrons. The largest absolute Gasteiger partial charge is 0.314 e. The van der Waals surface area contributed by atoms with Crippen molar-refractivity contribution in [1.82, 2.24) is 10.6 Å². The number of hydrogen-bond donors (Lipinski definition) is 2. The van der Waals surface area contributed by atoms with E-state index in [2.05, 4.69) is 24.7 Å².